The highest BCUT2D eigenvalue weighted by Gasteiger charge is 2.19. The summed E-state index contributed by atoms with van der Waals surface area (Å²) in [6.07, 6.45) is 1.65. The Morgan fingerprint density at radius 2 is 2.36 bits per heavy atom. The molecule has 4 heteroatoms. The van der Waals surface area contributed by atoms with E-state index in [1.54, 1.807) is 12.3 Å². The smallest absolute Gasteiger partial charge is 0.173 e. The van der Waals surface area contributed by atoms with E-state index >= 15 is 0 Å². The fraction of sp³-hybridized carbons (Fsp3) is 0.100. The first-order valence-corrected chi connectivity index (χ1v) is 4.32. The van der Waals surface area contributed by atoms with Gasteiger partial charge < -0.3 is 9.84 Å². The van der Waals surface area contributed by atoms with Crippen molar-refractivity contribution in [2.45, 2.75) is 6.54 Å². The van der Waals surface area contributed by atoms with Crippen molar-refractivity contribution in [3.63, 3.8) is 0 Å². The van der Waals surface area contributed by atoms with Crippen molar-refractivity contribution in [1.82, 2.24) is 5.16 Å². The number of rotatable bonds is 0. The third-order valence-electron chi connectivity index (χ3n) is 2.34. The second-order valence-corrected chi connectivity index (χ2v) is 3.22. The van der Waals surface area contributed by atoms with Gasteiger partial charge in [-0.05, 0) is 18.2 Å². The van der Waals surface area contributed by atoms with E-state index in [2.05, 4.69) is 10.5 Å². The maximum absolute atomic E-state index is 13.0. The number of benzene rings is 1. The molecule has 2 aromatic rings. The summed E-state index contributed by atoms with van der Waals surface area (Å²) < 4.78 is 18.1. The van der Waals surface area contributed by atoms with Crippen molar-refractivity contribution in [2.24, 2.45) is 0 Å². The van der Waals surface area contributed by atoms with Crippen molar-refractivity contribution in [3.8, 4) is 11.3 Å². The van der Waals surface area contributed by atoms with E-state index in [0.717, 1.165) is 16.8 Å². The lowest BCUT2D eigenvalue weighted by atomic mass is 10.0. The molecule has 3 rings (SSSR count). The van der Waals surface area contributed by atoms with Crippen LogP contribution < -0.4 is 5.32 Å². The molecule has 0 bridgehead atoms. The van der Waals surface area contributed by atoms with Gasteiger partial charge in [0.15, 0.2) is 5.76 Å². The molecule has 2 heterocycles. The molecule has 1 aliphatic heterocycles. The molecule has 1 aromatic carbocycles. The van der Waals surface area contributed by atoms with Gasteiger partial charge in [-0.3, -0.25) is 0 Å². The Bertz CT molecular complexity index is 493. The average Bonchev–Trinajstić information content (AvgIpc) is 2.65. The summed E-state index contributed by atoms with van der Waals surface area (Å²) in [6, 6.07) is 4.58. The molecule has 0 unspecified atom stereocenters. The van der Waals surface area contributed by atoms with Crippen LogP contribution in [0.2, 0.25) is 0 Å². The first kappa shape index (κ1) is 7.55. The summed E-state index contributed by atoms with van der Waals surface area (Å²) in [5.41, 5.74) is 2.59. The highest BCUT2D eigenvalue weighted by molar-refractivity contribution is 5.78. The predicted molar refractivity (Wildman–Crippen MR) is 49.2 cm³/mol. The highest BCUT2D eigenvalue weighted by Crippen LogP contribution is 2.35. The van der Waals surface area contributed by atoms with Crippen molar-refractivity contribution >= 4 is 5.69 Å². The third-order valence-corrected chi connectivity index (χ3v) is 2.34. The minimum Gasteiger partial charge on any atom is -0.380 e. The van der Waals surface area contributed by atoms with E-state index in [1.807, 2.05) is 0 Å². The standard InChI is InChI=1S/C10H7FN2O/c11-7-1-2-9-8(3-7)10-6(4-12-9)5-13-14-10/h1-3,5,12H,4H2. The summed E-state index contributed by atoms with van der Waals surface area (Å²) >= 11 is 0. The van der Waals surface area contributed by atoms with Crippen LogP contribution in [0, 0.1) is 5.82 Å². The van der Waals surface area contributed by atoms with Crippen molar-refractivity contribution in [3.05, 3.63) is 35.8 Å². The molecule has 0 amide bonds. The van der Waals surface area contributed by atoms with Gasteiger partial charge in [-0.2, -0.15) is 0 Å². The lowest BCUT2D eigenvalue weighted by Gasteiger charge is -2.15. The Morgan fingerprint density at radius 1 is 1.43 bits per heavy atom. The van der Waals surface area contributed by atoms with Gasteiger partial charge in [-0.25, -0.2) is 4.39 Å². The van der Waals surface area contributed by atoms with E-state index in [9.17, 15) is 4.39 Å². The van der Waals surface area contributed by atoms with Crippen LogP contribution in [-0.4, -0.2) is 5.16 Å². The summed E-state index contributed by atoms with van der Waals surface area (Å²) in [6.45, 7) is 0.678. The SMILES string of the molecule is Fc1ccc2c(c1)-c1oncc1CN2. The molecule has 14 heavy (non-hydrogen) atoms. The highest BCUT2D eigenvalue weighted by atomic mass is 19.1. The van der Waals surface area contributed by atoms with Gasteiger partial charge in [0.05, 0.1) is 6.20 Å². The van der Waals surface area contributed by atoms with Gasteiger partial charge in [0.1, 0.15) is 5.82 Å². The number of anilines is 1. The predicted octanol–water partition coefficient (Wildman–Crippen LogP) is 2.41. The van der Waals surface area contributed by atoms with E-state index < -0.39 is 0 Å². The lowest BCUT2D eigenvalue weighted by molar-refractivity contribution is 0.431. The Hall–Kier alpha value is -1.84. The van der Waals surface area contributed by atoms with Gasteiger partial charge in [0.25, 0.3) is 0 Å². The van der Waals surface area contributed by atoms with Crippen LogP contribution in [0.3, 0.4) is 0 Å². The molecule has 0 atom stereocenters. The van der Waals surface area contributed by atoms with Crippen LogP contribution in [0.1, 0.15) is 5.56 Å². The summed E-state index contributed by atoms with van der Waals surface area (Å²) in [7, 11) is 0. The zero-order valence-corrected chi connectivity index (χ0v) is 7.25. The number of nitrogens with zero attached hydrogens (tertiary/aromatic N) is 1. The number of nitrogens with one attached hydrogen (secondary N) is 1. The quantitative estimate of drug-likeness (QED) is 0.693. The Balaban J connectivity index is 2.28. The largest absolute Gasteiger partial charge is 0.380 e. The maximum Gasteiger partial charge on any atom is 0.173 e. The molecular formula is C10H7FN2O. The number of halogens is 1. The summed E-state index contributed by atoms with van der Waals surface area (Å²) in [5.74, 6) is 0.396. The molecule has 3 nitrogen and oxygen atoms in total. The monoisotopic (exact) mass is 190 g/mol. The van der Waals surface area contributed by atoms with Crippen LogP contribution in [-0.2, 0) is 6.54 Å². The minimum absolute atomic E-state index is 0.269. The molecular weight excluding hydrogens is 183 g/mol. The average molecular weight is 190 g/mol. The maximum atomic E-state index is 13.0. The molecule has 1 aliphatic rings. The van der Waals surface area contributed by atoms with Crippen molar-refractivity contribution in [2.75, 3.05) is 5.32 Å². The van der Waals surface area contributed by atoms with Crippen molar-refractivity contribution < 1.29 is 8.91 Å². The molecule has 70 valence electrons. The molecule has 1 aromatic heterocycles. The molecule has 0 saturated heterocycles. The minimum atomic E-state index is -0.269. The van der Waals surface area contributed by atoms with Crippen LogP contribution in [0.4, 0.5) is 10.1 Å². The summed E-state index contributed by atoms with van der Waals surface area (Å²) in [5, 5.41) is 6.86. The first-order valence-electron chi connectivity index (χ1n) is 4.32. The zero-order chi connectivity index (χ0) is 9.54. The Morgan fingerprint density at radius 3 is 3.29 bits per heavy atom. The van der Waals surface area contributed by atoms with E-state index in [0.29, 0.717) is 12.3 Å². The normalized spacial score (nSPS) is 12.9. The van der Waals surface area contributed by atoms with E-state index in [-0.39, 0.29) is 5.82 Å². The second-order valence-electron chi connectivity index (χ2n) is 3.22. The topological polar surface area (TPSA) is 38.1 Å². The zero-order valence-electron chi connectivity index (χ0n) is 7.25. The Kier molecular flexibility index (Phi) is 1.39. The molecule has 0 fully saturated rings. The Labute approximate surface area is 79.5 Å². The van der Waals surface area contributed by atoms with Crippen LogP contribution in [0.5, 0.6) is 0 Å². The molecule has 0 radical (unpaired) electrons. The number of aromatic nitrogens is 1. The molecule has 0 aliphatic carbocycles. The fourth-order valence-electron chi connectivity index (χ4n) is 1.66. The van der Waals surface area contributed by atoms with Crippen LogP contribution in [0.15, 0.2) is 28.9 Å². The van der Waals surface area contributed by atoms with E-state index in [1.165, 1.54) is 12.1 Å². The first-order chi connectivity index (χ1) is 6.84. The molecule has 0 saturated carbocycles. The van der Waals surface area contributed by atoms with Crippen molar-refractivity contribution in [1.29, 1.82) is 0 Å². The summed E-state index contributed by atoms with van der Waals surface area (Å²) in [4.78, 5) is 0. The number of fused-ring (bicyclic) bond motifs is 3. The third kappa shape index (κ3) is 0.937. The van der Waals surface area contributed by atoms with Gasteiger partial charge >= 0.3 is 0 Å². The van der Waals surface area contributed by atoms with Crippen LogP contribution >= 0.6 is 0 Å². The molecule has 0 spiro atoms. The number of hydrogen-bond donors (Lipinski definition) is 1. The van der Waals surface area contributed by atoms with Gasteiger partial charge in [0, 0.05) is 23.4 Å². The number of hydrogen-bond acceptors (Lipinski definition) is 3. The molecule has 1 N–H and O–H groups in total. The second kappa shape index (κ2) is 2.57. The lowest BCUT2D eigenvalue weighted by Crippen LogP contribution is -2.06. The van der Waals surface area contributed by atoms with Gasteiger partial charge in [-0.1, -0.05) is 5.16 Å². The fourth-order valence-corrected chi connectivity index (χ4v) is 1.66. The van der Waals surface area contributed by atoms with Crippen LogP contribution in [0.25, 0.3) is 11.3 Å². The van der Waals surface area contributed by atoms with Gasteiger partial charge in [-0.15, -0.1) is 0 Å². The van der Waals surface area contributed by atoms with Gasteiger partial charge in [0.2, 0.25) is 0 Å². The van der Waals surface area contributed by atoms with E-state index in [4.69, 9.17) is 4.52 Å².